The summed E-state index contributed by atoms with van der Waals surface area (Å²) in [5.41, 5.74) is 7.51. The summed E-state index contributed by atoms with van der Waals surface area (Å²) < 4.78 is 1.93. The fraction of sp³-hybridized carbons (Fsp3) is 0.400. The van der Waals surface area contributed by atoms with E-state index < -0.39 is 0 Å². The third-order valence-corrected chi connectivity index (χ3v) is 3.46. The summed E-state index contributed by atoms with van der Waals surface area (Å²) in [7, 11) is 0. The molecule has 0 aliphatic heterocycles. The largest absolute Gasteiger partial charge is 0.399 e. The van der Waals surface area contributed by atoms with Crippen molar-refractivity contribution < 1.29 is 4.79 Å². The van der Waals surface area contributed by atoms with Gasteiger partial charge in [0.15, 0.2) is 0 Å². The summed E-state index contributed by atoms with van der Waals surface area (Å²) in [4.78, 5) is 12.0. The molecule has 1 amide bonds. The Balaban J connectivity index is 2.13. The number of anilines is 1. The molecule has 3 N–H and O–H groups in total. The Morgan fingerprint density at radius 3 is 2.74 bits per heavy atom. The van der Waals surface area contributed by atoms with Gasteiger partial charge in [0.2, 0.25) is 5.91 Å². The Labute approximate surface area is 113 Å². The lowest BCUT2D eigenvalue weighted by Gasteiger charge is -2.15. The van der Waals surface area contributed by atoms with E-state index in [1.807, 2.05) is 35.0 Å². The lowest BCUT2D eigenvalue weighted by atomic mass is 10.2. The molecule has 0 saturated carbocycles. The third kappa shape index (κ3) is 3.08. The van der Waals surface area contributed by atoms with Crippen molar-refractivity contribution >= 4 is 22.5 Å². The predicted molar refractivity (Wildman–Crippen MR) is 78.9 cm³/mol. The van der Waals surface area contributed by atoms with E-state index in [-0.39, 0.29) is 11.9 Å². The van der Waals surface area contributed by atoms with Gasteiger partial charge in [-0.05, 0) is 36.4 Å². The number of nitrogen functional groups attached to an aromatic ring is 1. The van der Waals surface area contributed by atoms with Crippen LogP contribution in [-0.2, 0) is 11.3 Å². The van der Waals surface area contributed by atoms with Gasteiger partial charge in [0, 0.05) is 17.9 Å². The fourth-order valence-corrected chi connectivity index (χ4v) is 2.26. The number of nitrogens with two attached hydrogens (primary N) is 1. The van der Waals surface area contributed by atoms with Gasteiger partial charge in [-0.1, -0.05) is 19.9 Å². The van der Waals surface area contributed by atoms with Crippen molar-refractivity contribution in [3.05, 3.63) is 30.5 Å². The minimum absolute atomic E-state index is 0.0497. The van der Waals surface area contributed by atoms with E-state index in [2.05, 4.69) is 19.2 Å². The van der Waals surface area contributed by atoms with Gasteiger partial charge >= 0.3 is 0 Å². The van der Waals surface area contributed by atoms with Crippen molar-refractivity contribution in [2.24, 2.45) is 0 Å². The predicted octanol–water partition coefficient (Wildman–Crippen LogP) is 2.53. The molecule has 19 heavy (non-hydrogen) atoms. The molecule has 2 aromatic rings. The Kier molecular flexibility index (Phi) is 4.10. The van der Waals surface area contributed by atoms with Crippen molar-refractivity contribution in [2.45, 2.75) is 39.3 Å². The van der Waals surface area contributed by atoms with Crippen molar-refractivity contribution in [2.75, 3.05) is 5.73 Å². The molecule has 1 aromatic carbocycles. The van der Waals surface area contributed by atoms with Crippen LogP contribution in [0.4, 0.5) is 5.69 Å². The van der Waals surface area contributed by atoms with E-state index in [4.69, 9.17) is 5.73 Å². The van der Waals surface area contributed by atoms with Crippen molar-refractivity contribution in [1.82, 2.24) is 9.88 Å². The number of carbonyl (C=O) groups excluding carboxylic acids is 1. The topological polar surface area (TPSA) is 60.0 Å². The standard InChI is InChI=1S/C15H21N3O/c1-3-13(4-2)17-15(19)10-18-8-7-11-5-6-12(16)9-14(11)18/h5-9,13H,3-4,10,16H2,1-2H3,(H,17,19). The average molecular weight is 259 g/mol. The number of hydrogen-bond acceptors (Lipinski definition) is 2. The van der Waals surface area contributed by atoms with Crippen LogP contribution in [0.25, 0.3) is 10.9 Å². The van der Waals surface area contributed by atoms with Gasteiger partial charge in [-0.2, -0.15) is 0 Å². The van der Waals surface area contributed by atoms with Crippen LogP contribution in [0.5, 0.6) is 0 Å². The first kappa shape index (κ1) is 13.5. The van der Waals surface area contributed by atoms with Gasteiger partial charge in [0.05, 0.1) is 5.52 Å². The Bertz CT molecular complexity index is 570. The molecule has 1 heterocycles. The zero-order chi connectivity index (χ0) is 13.8. The van der Waals surface area contributed by atoms with E-state index in [1.165, 1.54) is 0 Å². The highest BCUT2D eigenvalue weighted by Crippen LogP contribution is 2.18. The normalized spacial score (nSPS) is 11.1. The first-order chi connectivity index (χ1) is 9.13. The molecule has 102 valence electrons. The van der Waals surface area contributed by atoms with Crippen LogP contribution in [0.3, 0.4) is 0 Å². The molecule has 0 aliphatic carbocycles. The molecule has 0 unspecified atom stereocenters. The van der Waals surface area contributed by atoms with E-state index in [9.17, 15) is 4.79 Å². The smallest absolute Gasteiger partial charge is 0.240 e. The molecule has 0 fully saturated rings. The number of hydrogen-bond donors (Lipinski definition) is 2. The molecular weight excluding hydrogens is 238 g/mol. The van der Waals surface area contributed by atoms with Crippen LogP contribution in [0.2, 0.25) is 0 Å². The summed E-state index contributed by atoms with van der Waals surface area (Å²) in [5.74, 6) is 0.0497. The number of aromatic nitrogens is 1. The number of nitrogens with one attached hydrogen (secondary N) is 1. The molecular formula is C15H21N3O. The number of amides is 1. The minimum atomic E-state index is 0.0497. The van der Waals surface area contributed by atoms with E-state index in [0.717, 1.165) is 23.7 Å². The van der Waals surface area contributed by atoms with E-state index >= 15 is 0 Å². The molecule has 0 spiro atoms. The second-order valence-corrected chi connectivity index (χ2v) is 4.84. The highest BCUT2D eigenvalue weighted by atomic mass is 16.2. The van der Waals surface area contributed by atoms with E-state index in [1.54, 1.807) is 0 Å². The van der Waals surface area contributed by atoms with Crippen LogP contribution in [0.15, 0.2) is 30.5 Å². The van der Waals surface area contributed by atoms with Gasteiger partial charge in [-0.25, -0.2) is 0 Å². The first-order valence-electron chi connectivity index (χ1n) is 6.77. The van der Waals surface area contributed by atoms with Gasteiger partial charge in [-0.3, -0.25) is 4.79 Å². The van der Waals surface area contributed by atoms with Crippen molar-refractivity contribution in [3.63, 3.8) is 0 Å². The monoisotopic (exact) mass is 259 g/mol. The number of carbonyl (C=O) groups is 1. The minimum Gasteiger partial charge on any atom is -0.399 e. The van der Waals surface area contributed by atoms with Gasteiger partial charge in [-0.15, -0.1) is 0 Å². The number of nitrogens with zero attached hydrogens (tertiary/aromatic N) is 1. The van der Waals surface area contributed by atoms with Crippen LogP contribution in [0.1, 0.15) is 26.7 Å². The molecule has 4 heteroatoms. The lowest BCUT2D eigenvalue weighted by molar-refractivity contribution is -0.122. The number of benzene rings is 1. The second-order valence-electron chi connectivity index (χ2n) is 4.84. The van der Waals surface area contributed by atoms with Crippen LogP contribution < -0.4 is 11.1 Å². The summed E-state index contributed by atoms with van der Waals surface area (Å²) in [5, 5.41) is 4.14. The lowest BCUT2D eigenvalue weighted by Crippen LogP contribution is -2.36. The maximum atomic E-state index is 12.0. The van der Waals surface area contributed by atoms with Crippen molar-refractivity contribution in [1.29, 1.82) is 0 Å². The third-order valence-electron chi connectivity index (χ3n) is 3.46. The molecule has 0 aliphatic rings. The molecule has 4 nitrogen and oxygen atoms in total. The van der Waals surface area contributed by atoms with Crippen LogP contribution in [-0.4, -0.2) is 16.5 Å². The molecule has 2 rings (SSSR count). The maximum Gasteiger partial charge on any atom is 0.240 e. The Morgan fingerprint density at radius 2 is 2.05 bits per heavy atom. The number of fused-ring (bicyclic) bond motifs is 1. The zero-order valence-corrected chi connectivity index (χ0v) is 11.5. The molecule has 0 atom stereocenters. The zero-order valence-electron chi connectivity index (χ0n) is 11.5. The second kappa shape index (κ2) is 5.78. The highest BCUT2D eigenvalue weighted by molar-refractivity contribution is 5.85. The molecule has 1 aromatic heterocycles. The molecule has 0 bridgehead atoms. The Morgan fingerprint density at radius 1 is 1.32 bits per heavy atom. The van der Waals surface area contributed by atoms with Gasteiger partial charge in [0.25, 0.3) is 0 Å². The average Bonchev–Trinajstić information content (AvgIpc) is 2.78. The summed E-state index contributed by atoms with van der Waals surface area (Å²) >= 11 is 0. The number of rotatable bonds is 5. The Hall–Kier alpha value is -1.97. The van der Waals surface area contributed by atoms with Gasteiger partial charge < -0.3 is 15.6 Å². The van der Waals surface area contributed by atoms with E-state index in [0.29, 0.717) is 12.2 Å². The maximum absolute atomic E-state index is 12.0. The fourth-order valence-electron chi connectivity index (χ4n) is 2.26. The summed E-state index contributed by atoms with van der Waals surface area (Å²) in [6.07, 6.45) is 3.85. The first-order valence-corrected chi connectivity index (χ1v) is 6.77. The molecule has 0 saturated heterocycles. The summed E-state index contributed by atoms with van der Waals surface area (Å²) in [6.45, 7) is 4.50. The SMILES string of the molecule is CCC(CC)NC(=O)Cn1ccc2ccc(N)cc21. The summed E-state index contributed by atoms with van der Waals surface area (Å²) in [6, 6.07) is 8.01. The van der Waals surface area contributed by atoms with Gasteiger partial charge in [0.1, 0.15) is 6.54 Å². The van der Waals surface area contributed by atoms with Crippen molar-refractivity contribution in [3.8, 4) is 0 Å². The van der Waals surface area contributed by atoms with Crippen LogP contribution >= 0.6 is 0 Å². The molecule has 0 radical (unpaired) electrons. The quantitative estimate of drug-likeness (QED) is 0.811. The highest BCUT2D eigenvalue weighted by Gasteiger charge is 2.10. The van der Waals surface area contributed by atoms with Crippen LogP contribution in [0, 0.1) is 0 Å².